The van der Waals surface area contributed by atoms with Gasteiger partial charge in [-0.1, -0.05) is 96.8 Å². The first-order valence-electron chi connectivity index (χ1n) is 11.4. The van der Waals surface area contributed by atoms with Crippen molar-refractivity contribution in [1.82, 2.24) is 0 Å². The molecule has 27 heavy (non-hydrogen) atoms. The number of aliphatic carboxylic acids is 1. The largest absolute Gasteiger partial charge is 0.550 e. The fourth-order valence-electron chi connectivity index (χ4n) is 4.02. The molecule has 1 unspecified atom stereocenters. The molecule has 0 saturated heterocycles. The molecule has 0 aromatic rings. The van der Waals surface area contributed by atoms with E-state index in [0.29, 0.717) is 17.4 Å². The molecule has 0 bridgehead atoms. The monoisotopic (exact) mass is 385 g/mol. The van der Waals surface area contributed by atoms with Gasteiger partial charge in [0.05, 0.1) is 21.1 Å². The molecule has 0 heterocycles. The highest BCUT2D eigenvalue weighted by Gasteiger charge is 2.33. The molecule has 0 fully saturated rings. The van der Waals surface area contributed by atoms with Crippen LogP contribution in [0.4, 0.5) is 0 Å². The van der Waals surface area contributed by atoms with Gasteiger partial charge in [0.2, 0.25) is 0 Å². The van der Waals surface area contributed by atoms with Crippen LogP contribution in [0.25, 0.3) is 0 Å². The first-order chi connectivity index (χ1) is 12.7. The van der Waals surface area contributed by atoms with Crippen molar-refractivity contribution in [2.45, 2.75) is 115 Å². The summed E-state index contributed by atoms with van der Waals surface area (Å²) in [5.41, 5.74) is -1.14. The van der Waals surface area contributed by atoms with E-state index >= 15 is 0 Å². The molecule has 0 amide bonds. The van der Waals surface area contributed by atoms with Crippen LogP contribution in [-0.2, 0) is 4.79 Å². The number of hydrogen-bond acceptors (Lipinski definition) is 3. The number of carboxylic acids is 1. The van der Waals surface area contributed by atoms with E-state index in [1.54, 1.807) is 0 Å². The van der Waals surface area contributed by atoms with Gasteiger partial charge in [0.25, 0.3) is 0 Å². The van der Waals surface area contributed by atoms with Crippen molar-refractivity contribution in [3.8, 4) is 0 Å². The lowest BCUT2D eigenvalue weighted by molar-refractivity contribution is -0.877. The van der Waals surface area contributed by atoms with Crippen LogP contribution in [-0.4, -0.2) is 48.8 Å². The Morgan fingerprint density at radius 3 is 1.48 bits per heavy atom. The van der Waals surface area contributed by atoms with Crippen molar-refractivity contribution in [3.05, 3.63) is 0 Å². The van der Waals surface area contributed by atoms with Crippen LogP contribution in [0.2, 0.25) is 0 Å². The molecule has 0 aliphatic heterocycles. The van der Waals surface area contributed by atoms with Crippen molar-refractivity contribution >= 4 is 5.97 Å². The molecule has 0 aliphatic carbocycles. The van der Waals surface area contributed by atoms with Gasteiger partial charge in [-0.25, -0.2) is 0 Å². The number of carboxylic acid groups (broad SMARTS) is 1. The summed E-state index contributed by atoms with van der Waals surface area (Å²) in [5, 5.41) is 21.6. The van der Waals surface area contributed by atoms with E-state index in [1.165, 1.54) is 77.0 Å². The van der Waals surface area contributed by atoms with Gasteiger partial charge >= 0.3 is 0 Å². The smallest absolute Gasteiger partial charge is 0.119 e. The standard InChI is InChI=1S/C23H47NO3/c1-5-6-7-8-9-10-11-12-13-14-15-16-17-18-19-23(27,20-22(25)26)21-24(2,3)4/h27H,5-21H2,1-4H3. The maximum atomic E-state index is 11.0. The predicted molar refractivity (Wildman–Crippen MR) is 112 cm³/mol. The Morgan fingerprint density at radius 1 is 0.778 bits per heavy atom. The number of aliphatic hydroxyl groups is 1. The Kier molecular flexibility index (Phi) is 15.0. The van der Waals surface area contributed by atoms with Crippen molar-refractivity contribution < 1.29 is 19.5 Å². The lowest BCUT2D eigenvalue weighted by Crippen LogP contribution is -2.51. The molecule has 0 saturated carbocycles. The molecular weight excluding hydrogens is 338 g/mol. The fraction of sp³-hybridized carbons (Fsp3) is 0.957. The summed E-state index contributed by atoms with van der Waals surface area (Å²) in [5.74, 6) is -1.16. The molecule has 1 atom stereocenters. The van der Waals surface area contributed by atoms with Gasteiger partial charge < -0.3 is 19.5 Å². The second kappa shape index (κ2) is 15.3. The number of unbranched alkanes of at least 4 members (excludes halogenated alkanes) is 13. The van der Waals surface area contributed by atoms with Crippen molar-refractivity contribution in [2.24, 2.45) is 0 Å². The van der Waals surface area contributed by atoms with Crippen LogP contribution in [0.15, 0.2) is 0 Å². The molecule has 0 aromatic heterocycles. The third-order valence-electron chi connectivity index (χ3n) is 5.24. The number of carbonyl (C=O) groups is 1. The van der Waals surface area contributed by atoms with Crippen molar-refractivity contribution in [2.75, 3.05) is 27.7 Å². The topological polar surface area (TPSA) is 60.4 Å². The Hall–Kier alpha value is -0.610. The molecule has 0 spiro atoms. The van der Waals surface area contributed by atoms with Gasteiger partial charge in [-0.05, 0) is 6.42 Å². The van der Waals surface area contributed by atoms with Crippen molar-refractivity contribution in [1.29, 1.82) is 0 Å². The van der Waals surface area contributed by atoms with Crippen LogP contribution in [0.1, 0.15) is 110 Å². The first kappa shape index (κ1) is 26.4. The third kappa shape index (κ3) is 18.5. The average molecular weight is 386 g/mol. The second-order valence-electron chi connectivity index (χ2n) is 9.57. The quantitative estimate of drug-likeness (QED) is 0.264. The highest BCUT2D eigenvalue weighted by atomic mass is 16.4. The van der Waals surface area contributed by atoms with E-state index in [-0.39, 0.29) is 6.42 Å². The van der Waals surface area contributed by atoms with E-state index < -0.39 is 11.6 Å². The van der Waals surface area contributed by atoms with Crippen LogP contribution in [0.3, 0.4) is 0 Å². The summed E-state index contributed by atoms with van der Waals surface area (Å²) in [4.78, 5) is 11.0. The highest BCUT2D eigenvalue weighted by molar-refractivity contribution is 5.65. The Bertz CT molecular complexity index is 365. The Labute approximate surface area is 168 Å². The maximum Gasteiger partial charge on any atom is 0.119 e. The van der Waals surface area contributed by atoms with Crippen LogP contribution < -0.4 is 5.11 Å². The van der Waals surface area contributed by atoms with Crippen LogP contribution in [0.5, 0.6) is 0 Å². The molecule has 4 heteroatoms. The number of nitrogens with zero attached hydrogens (tertiary/aromatic N) is 1. The lowest BCUT2D eigenvalue weighted by atomic mass is 9.91. The summed E-state index contributed by atoms with van der Waals surface area (Å²) in [6.45, 7) is 2.71. The summed E-state index contributed by atoms with van der Waals surface area (Å²) in [7, 11) is 5.93. The van der Waals surface area contributed by atoms with Crippen LogP contribution in [0, 0.1) is 0 Å². The zero-order valence-electron chi connectivity index (χ0n) is 18.7. The van der Waals surface area contributed by atoms with Gasteiger partial charge in [-0.2, -0.15) is 0 Å². The Morgan fingerprint density at radius 2 is 1.15 bits per heavy atom. The number of carbonyl (C=O) groups excluding carboxylic acids is 1. The minimum Gasteiger partial charge on any atom is -0.550 e. The molecule has 0 aromatic carbocycles. The number of quaternary nitrogens is 1. The van der Waals surface area contributed by atoms with Gasteiger partial charge in [0.1, 0.15) is 12.1 Å². The molecule has 0 radical (unpaired) electrons. The average Bonchev–Trinajstić information content (AvgIpc) is 2.52. The lowest BCUT2D eigenvalue weighted by Gasteiger charge is -2.36. The third-order valence-corrected chi connectivity index (χ3v) is 5.24. The molecular formula is C23H47NO3. The SMILES string of the molecule is CCCCCCCCCCCCCCCCC(O)(CC(=O)[O-])C[N+](C)(C)C. The van der Waals surface area contributed by atoms with E-state index in [0.717, 1.165) is 12.8 Å². The van der Waals surface area contributed by atoms with E-state index in [1.807, 2.05) is 21.1 Å². The number of hydrogen-bond donors (Lipinski definition) is 1. The van der Waals surface area contributed by atoms with E-state index in [2.05, 4.69) is 6.92 Å². The minimum absolute atomic E-state index is 0.263. The number of likely N-dealkylation sites (N-methyl/N-ethyl adjacent to an activating group) is 1. The zero-order chi connectivity index (χ0) is 20.6. The fourth-order valence-corrected chi connectivity index (χ4v) is 4.02. The molecule has 162 valence electrons. The summed E-state index contributed by atoms with van der Waals surface area (Å²) >= 11 is 0. The van der Waals surface area contributed by atoms with Gasteiger partial charge in [-0.15, -0.1) is 0 Å². The molecule has 0 rings (SSSR count). The van der Waals surface area contributed by atoms with Gasteiger partial charge in [-0.3, -0.25) is 0 Å². The normalized spacial score (nSPS) is 14.3. The van der Waals surface area contributed by atoms with Gasteiger partial charge in [0, 0.05) is 12.4 Å². The summed E-state index contributed by atoms with van der Waals surface area (Å²) < 4.78 is 0.558. The van der Waals surface area contributed by atoms with Crippen LogP contribution >= 0.6 is 0 Å². The van der Waals surface area contributed by atoms with Crippen molar-refractivity contribution in [3.63, 3.8) is 0 Å². The summed E-state index contributed by atoms with van der Waals surface area (Å²) in [6, 6.07) is 0. The molecule has 0 aliphatic rings. The summed E-state index contributed by atoms with van der Waals surface area (Å²) in [6.07, 6.45) is 18.4. The predicted octanol–water partition coefficient (Wildman–Crippen LogP) is 4.44. The van der Waals surface area contributed by atoms with Gasteiger partial charge in [0.15, 0.2) is 0 Å². The number of rotatable bonds is 19. The van der Waals surface area contributed by atoms with E-state index in [9.17, 15) is 15.0 Å². The molecule has 4 nitrogen and oxygen atoms in total. The Balaban J connectivity index is 3.64. The second-order valence-corrected chi connectivity index (χ2v) is 9.57. The minimum atomic E-state index is -1.16. The van der Waals surface area contributed by atoms with E-state index in [4.69, 9.17) is 0 Å². The highest BCUT2D eigenvalue weighted by Crippen LogP contribution is 2.22. The maximum absolute atomic E-state index is 11.0. The first-order valence-corrected chi connectivity index (χ1v) is 11.4. The molecule has 1 N–H and O–H groups in total. The zero-order valence-corrected chi connectivity index (χ0v) is 18.7.